The fraction of sp³-hybridized carbons (Fsp3) is 0.455. The highest BCUT2D eigenvalue weighted by Gasteiger charge is 2.20. The molecule has 1 aromatic heterocycles. The van der Waals surface area contributed by atoms with Crippen LogP contribution in [0, 0.1) is 0 Å². The van der Waals surface area contributed by atoms with Gasteiger partial charge in [-0.3, -0.25) is 9.59 Å². The van der Waals surface area contributed by atoms with Crippen LogP contribution in [0.25, 0.3) is 0 Å². The molecule has 2 amide bonds. The van der Waals surface area contributed by atoms with Crippen molar-refractivity contribution >= 4 is 29.1 Å². The van der Waals surface area contributed by atoms with Crippen LogP contribution in [0.15, 0.2) is 24.3 Å². The van der Waals surface area contributed by atoms with Gasteiger partial charge in [-0.15, -0.1) is 0 Å². The molecule has 0 bridgehead atoms. The molecule has 0 spiro atoms. The van der Waals surface area contributed by atoms with Crippen molar-refractivity contribution in [2.45, 2.75) is 39.7 Å². The Morgan fingerprint density at radius 3 is 2.58 bits per heavy atom. The minimum atomic E-state index is -0.633. The molecule has 9 heteroatoms. The van der Waals surface area contributed by atoms with Crippen LogP contribution in [0.5, 0.6) is 0 Å². The topological polar surface area (TPSA) is 125 Å². The second-order valence-corrected chi connectivity index (χ2v) is 7.57. The summed E-state index contributed by atoms with van der Waals surface area (Å²) in [6.45, 7) is 6.92. The minimum absolute atomic E-state index is 0.0454. The number of rotatable bonds is 11. The van der Waals surface area contributed by atoms with E-state index in [2.05, 4.69) is 34.8 Å². The van der Waals surface area contributed by atoms with E-state index in [1.165, 1.54) is 0 Å². The van der Waals surface area contributed by atoms with Gasteiger partial charge in [-0.2, -0.15) is 0 Å². The fourth-order valence-electron chi connectivity index (χ4n) is 3.00. The van der Waals surface area contributed by atoms with Gasteiger partial charge in [0.25, 0.3) is 5.91 Å². The van der Waals surface area contributed by atoms with Crippen molar-refractivity contribution in [2.75, 3.05) is 37.4 Å². The number of benzene rings is 1. The third kappa shape index (κ3) is 6.65. The van der Waals surface area contributed by atoms with Crippen LogP contribution < -0.4 is 26.6 Å². The van der Waals surface area contributed by atoms with Gasteiger partial charge in [0, 0.05) is 25.3 Å². The van der Waals surface area contributed by atoms with E-state index in [1.54, 1.807) is 7.05 Å². The summed E-state index contributed by atoms with van der Waals surface area (Å²) in [4.78, 5) is 34.9. The Morgan fingerprint density at radius 1 is 1.23 bits per heavy atom. The molecular weight excluding hydrogens is 394 g/mol. The molecule has 168 valence electrons. The molecule has 1 aromatic carbocycles. The van der Waals surface area contributed by atoms with Gasteiger partial charge in [0.15, 0.2) is 17.3 Å². The van der Waals surface area contributed by atoms with Crippen LogP contribution in [-0.4, -0.2) is 55.0 Å². The van der Waals surface area contributed by atoms with Crippen molar-refractivity contribution < 1.29 is 9.59 Å². The fourth-order valence-corrected chi connectivity index (χ4v) is 3.00. The SMILES string of the molecule is CCc1nc(C(N)=O)c(Nc2cccc(CCNC(=O)CNC)c2)nc1N(C)C(C)C. The molecule has 0 radical (unpaired) electrons. The lowest BCUT2D eigenvalue weighted by Crippen LogP contribution is -2.33. The van der Waals surface area contributed by atoms with Crippen molar-refractivity contribution in [1.82, 2.24) is 20.6 Å². The Bertz CT molecular complexity index is 915. The van der Waals surface area contributed by atoms with Crippen LogP contribution >= 0.6 is 0 Å². The van der Waals surface area contributed by atoms with Gasteiger partial charge in [0.05, 0.1) is 12.2 Å². The monoisotopic (exact) mass is 427 g/mol. The van der Waals surface area contributed by atoms with E-state index in [4.69, 9.17) is 10.7 Å². The molecule has 9 nitrogen and oxygen atoms in total. The number of anilines is 3. The predicted molar refractivity (Wildman–Crippen MR) is 124 cm³/mol. The van der Waals surface area contributed by atoms with E-state index in [1.807, 2.05) is 43.1 Å². The van der Waals surface area contributed by atoms with Gasteiger partial charge in [-0.25, -0.2) is 9.97 Å². The Morgan fingerprint density at radius 2 is 1.97 bits per heavy atom. The molecule has 0 saturated heterocycles. The lowest BCUT2D eigenvalue weighted by atomic mass is 10.1. The maximum Gasteiger partial charge on any atom is 0.271 e. The maximum absolute atomic E-state index is 12.0. The first-order valence-corrected chi connectivity index (χ1v) is 10.5. The van der Waals surface area contributed by atoms with Crippen molar-refractivity contribution in [3.05, 3.63) is 41.2 Å². The zero-order valence-electron chi connectivity index (χ0n) is 19.0. The average molecular weight is 428 g/mol. The number of hydrogen-bond acceptors (Lipinski definition) is 7. The Labute approximate surface area is 183 Å². The van der Waals surface area contributed by atoms with Crippen molar-refractivity contribution in [3.8, 4) is 0 Å². The van der Waals surface area contributed by atoms with E-state index < -0.39 is 5.91 Å². The number of primary amides is 1. The number of aromatic nitrogens is 2. The molecule has 1 heterocycles. The smallest absolute Gasteiger partial charge is 0.271 e. The number of amides is 2. The maximum atomic E-state index is 12.0. The molecule has 0 atom stereocenters. The molecular formula is C22H33N7O2. The highest BCUT2D eigenvalue weighted by atomic mass is 16.2. The second kappa shape index (κ2) is 11.3. The quantitative estimate of drug-likeness (QED) is 0.429. The van der Waals surface area contributed by atoms with Crippen molar-refractivity contribution in [2.24, 2.45) is 5.73 Å². The molecule has 0 aliphatic rings. The molecule has 0 unspecified atom stereocenters. The predicted octanol–water partition coefficient (Wildman–Crippen LogP) is 1.60. The normalized spacial score (nSPS) is 10.8. The first kappa shape index (κ1) is 24.1. The van der Waals surface area contributed by atoms with E-state index >= 15 is 0 Å². The van der Waals surface area contributed by atoms with Gasteiger partial charge in [0.1, 0.15) is 0 Å². The summed E-state index contributed by atoms with van der Waals surface area (Å²) < 4.78 is 0. The van der Waals surface area contributed by atoms with Gasteiger partial charge < -0.3 is 26.6 Å². The summed E-state index contributed by atoms with van der Waals surface area (Å²) in [6.07, 6.45) is 1.31. The van der Waals surface area contributed by atoms with Crippen LogP contribution in [0.3, 0.4) is 0 Å². The zero-order valence-corrected chi connectivity index (χ0v) is 19.0. The molecule has 2 rings (SSSR count). The van der Waals surface area contributed by atoms with Crippen LogP contribution in [0.2, 0.25) is 0 Å². The first-order valence-electron chi connectivity index (χ1n) is 10.5. The van der Waals surface area contributed by atoms with Crippen molar-refractivity contribution in [3.63, 3.8) is 0 Å². The number of hydrogen-bond donors (Lipinski definition) is 4. The van der Waals surface area contributed by atoms with Crippen LogP contribution in [-0.2, 0) is 17.6 Å². The summed E-state index contributed by atoms with van der Waals surface area (Å²) in [7, 11) is 3.68. The summed E-state index contributed by atoms with van der Waals surface area (Å²) in [6, 6.07) is 7.94. The van der Waals surface area contributed by atoms with Gasteiger partial charge in [-0.05, 0) is 51.4 Å². The summed E-state index contributed by atoms with van der Waals surface area (Å²) in [5, 5.41) is 8.88. The molecule has 2 aromatic rings. The number of carbonyl (C=O) groups excluding carboxylic acids is 2. The van der Waals surface area contributed by atoms with Gasteiger partial charge in [0.2, 0.25) is 5.91 Å². The molecule has 0 fully saturated rings. The molecule has 5 N–H and O–H groups in total. The average Bonchev–Trinajstić information content (AvgIpc) is 2.73. The Kier molecular flexibility index (Phi) is 8.75. The van der Waals surface area contributed by atoms with E-state index in [0.29, 0.717) is 31.0 Å². The highest BCUT2D eigenvalue weighted by Crippen LogP contribution is 2.25. The number of nitrogens with zero attached hydrogens (tertiary/aromatic N) is 3. The summed E-state index contributed by atoms with van der Waals surface area (Å²) in [5.74, 6) is 0.364. The third-order valence-corrected chi connectivity index (χ3v) is 4.89. The van der Waals surface area contributed by atoms with E-state index in [9.17, 15) is 9.59 Å². The zero-order chi connectivity index (χ0) is 23.0. The largest absolute Gasteiger partial charge is 0.364 e. The number of nitrogens with one attached hydrogen (secondary N) is 3. The lowest BCUT2D eigenvalue weighted by Gasteiger charge is -2.25. The summed E-state index contributed by atoms with van der Waals surface area (Å²) in [5.41, 5.74) is 8.22. The minimum Gasteiger partial charge on any atom is -0.364 e. The van der Waals surface area contributed by atoms with Crippen LogP contribution in [0.4, 0.5) is 17.3 Å². The molecule has 31 heavy (non-hydrogen) atoms. The number of carbonyl (C=O) groups is 2. The van der Waals surface area contributed by atoms with Gasteiger partial charge >= 0.3 is 0 Å². The molecule has 0 aliphatic carbocycles. The third-order valence-electron chi connectivity index (χ3n) is 4.89. The highest BCUT2D eigenvalue weighted by molar-refractivity contribution is 5.96. The first-order chi connectivity index (χ1) is 14.8. The number of aryl methyl sites for hydroxylation is 1. The number of nitrogens with two attached hydrogens (primary N) is 1. The Hall–Kier alpha value is -3.20. The van der Waals surface area contributed by atoms with Crippen LogP contribution in [0.1, 0.15) is 42.5 Å². The Balaban J connectivity index is 2.27. The lowest BCUT2D eigenvalue weighted by molar-refractivity contribution is -0.120. The number of likely N-dealkylation sites (N-methyl/N-ethyl adjacent to an activating group) is 1. The molecule has 0 aliphatic heterocycles. The van der Waals surface area contributed by atoms with E-state index in [-0.39, 0.29) is 24.2 Å². The van der Waals surface area contributed by atoms with E-state index in [0.717, 1.165) is 16.9 Å². The second-order valence-electron chi connectivity index (χ2n) is 7.57. The summed E-state index contributed by atoms with van der Waals surface area (Å²) >= 11 is 0. The van der Waals surface area contributed by atoms with Gasteiger partial charge in [-0.1, -0.05) is 19.1 Å². The standard InChI is InChI=1S/C22H33N7O2/c1-6-17-22(29(5)14(2)3)28-21(19(27-17)20(23)31)26-16-9-7-8-15(12-16)10-11-25-18(30)13-24-4/h7-9,12,14,24H,6,10-11,13H2,1-5H3,(H2,23,31)(H,25,30)(H,26,28). The van der Waals surface area contributed by atoms with Crippen molar-refractivity contribution in [1.29, 1.82) is 0 Å². The molecule has 0 saturated carbocycles.